The molecular weight excluding hydrogens is 271 g/mol. The summed E-state index contributed by atoms with van der Waals surface area (Å²) in [5.74, 6) is -0.736. The Balaban J connectivity index is 1.87. The van der Waals surface area contributed by atoms with E-state index in [2.05, 4.69) is 5.32 Å². The maximum absolute atomic E-state index is 13.1. The predicted octanol–water partition coefficient (Wildman–Crippen LogP) is 3.71. The number of furan rings is 1. The smallest absolute Gasteiger partial charge is 0.291 e. The number of nitrogen functional groups attached to an aromatic ring is 1. The molecule has 3 rings (SSSR count). The standard InChI is InChI=1S/C16H13FN2O2/c1-9-2-5-14-10(6-9)7-15(21-14)16(20)19-11-3-4-12(17)13(18)8-11/h2-8H,18H2,1H3,(H,19,20). The highest BCUT2D eigenvalue weighted by Crippen LogP contribution is 2.22. The number of halogens is 1. The Morgan fingerprint density at radius 3 is 2.76 bits per heavy atom. The van der Waals surface area contributed by atoms with Gasteiger partial charge in [-0.25, -0.2) is 4.39 Å². The number of rotatable bonds is 2. The first-order chi connectivity index (χ1) is 10.0. The molecule has 0 radical (unpaired) electrons. The molecule has 0 saturated heterocycles. The van der Waals surface area contributed by atoms with Gasteiger partial charge in [0.2, 0.25) is 0 Å². The summed E-state index contributed by atoms with van der Waals surface area (Å²) in [6.07, 6.45) is 0. The number of carbonyl (C=O) groups excluding carboxylic acids is 1. The zero-order valence-electron chi connectivity index (χ0n) is 11.3. The zero-order valence-corrected chi connectivity index (χ0v) is 11.3. The summed E-state index contributed by atoms with van der Waals surface area (Å²) >= 11 is 0. The van der Waals surface area contributed by atoms with Gasteiger partial charge in [-0.2, -0.15) is 0 Å². The average molecular weight is 284 g/mol. The maximum atomic E-state index is 13.1. The summed E-state index contributed by atoms with van der Waals surface area (Å²) in [6.45, 7) is 1.97. The van der Waals surface area contributed by atoms with Gasteiger partial charge in [-0.3, -0.25) is 4.79 Å². The van der Waals surface area contributed by atoms with Crippen molar-refractivity contribution in [3.63, 3.8) is 0 Å². The minimum atomic E-state index is -0.521. The first kappa shape index (κ1) is 13.2. The molecule has 1 heterocycles. The highest BCUT2D eigenvalue weighted by atomic mass is 19.1. The molecule has 0 aliphatic rings. The molecule has 0 bridgehead atoms. The molecule has 0 fully saturated rings. The van der Waals surface area contributed by atoms with E-state index in [9.17, 15) is 9.18 Å². The second-order valence-electron chi connectivity index (χ2n) is 4.84. The molecule has 3 aromatic rings. The number of hydrogen-bond donors (Lipinski definition) is 2. The van der Waals surface area contributed by atoms with Gasteiger partial charge in [0.15, 0.2) is 5.76 Å². The van der Waals surface area contributed by atoms with E-state index in [1.54, 1.807) is 6.07 Å². The molecule has 0 unspecified atom stereocenters. The Morgan fingerprint density at radius 2 is 2.00 bits per heavy atom. The van der Waals surface area contributed by atoms with Crippen LogP contribution in [0.4, 0.5) is 15.8 Å². The highest BCUT2D eigenvalue weighted by molar-refractivity contribution is 6.04. The lowest BCUT2D eigenvalue weighted by Gasteiger charge is -2.04. The van der Waals surface area contributed by atoms with Gasteiger partial charge in [0.25, 0.3) is 5.91 Å². The lowest BCUT2D eigenvalue weighted by Crippen LogP contribution is -2.11. The third-order valence-corrected chi connectivity index (χ3v) is 3.15. The zero-order chi connectivity index (χ0) is 15.0. The third kappa shape index (κ3) is 2.58. The van der Waals surface area contributed by atoms with Crippen molar-refractivity contribution in [1.29, 1.82) is 0 Å². The fourth-order valence-corrected chi connectivity index (χ4v) is 2.09. The average Bonchev–Trinajstić information content (AvgIpc) is 2.86. The number of amides is 1. The summed E-state index contributed by atoms with van der Waals surface area (Å²) in [7, 11) is 0. The topological polar surface area (TPSA) is 68.3 Å². The van der Waals surface area contributed by atoms with Gasteiger partial charge in [-0.05, 0) is 43.3 Å². The Labute approximate surface area is 120 Å². The number of nitrogens with one attached hydrogen (secondary N) is 1. The van der Waals surface area contributed by atoms with Gasteiger partial charge in [-0.15, -0.1) is 0 Å². The first-order valence-electron chi connectivity index (χ1n) is 6.39. The van der Waals surface area contributed by atoms with Crippen LogP contribution in [0.3, 0.4) is 0 Å². The molecule has 3 N–H and O–H groups in total. The summed E-state index contributed by atoms with van der Waals surface area (Å²) in [5.41, 5.74) is 7.58. The number of hydrogen-bond acceptors (Lipinski definition) is 3. The minimum Gasteiger partial charge on any atom is -0.451 e. The van der Waals surface area contributed by atoms with Crippen LogP contribution in [0.5, 0.6) is 0 Å². The van der Waals surface area contributed by atoms with Crippen LogP contribution < -0.4 is 11.1 Å². The Hall–Kier alpha value is -2.82. The summed E-state index contributed by atoms with van der Waals surface area (Å²) in [5, 5.41) is 3.48. The highest BCUT2D eigenvalue weighted by Gasteiger charge is 2.13. The van der Waals surface area contributed by atoms with Crippen molar-refractivity contribution in [2.45, 2.75) is 6.92 Å². The Bertz CT molecular complexity index is 839. The van der Waals surface area contributed by atoms with E-state index in [1.807, 2.05) is 25.1 Å². The molecule has 1 aromatic heterocycles. The second kappa shape index (κ2) is 4.94. The van der Waals surface area contributed by atoms with E-state index in [-0.39, 0.29) is 11.4 Å². The van der Waals surface area contributed by atoms with Gasteiger partial charge in [0.05, 0.1) is 5.69 Å². The Kier molecular flexibility index (Phi) is 3.10. The quantitative estimate of drug-likeness (QED) is 0.705. The molecule has 0 atom stereocenters. The molecule has 1 amide bonds. The van der Waals surface area contributed by atoms with E-state index in [4.69, 9.17) is 10.2 Å². The number of carbonyl (C=O) groups is 1. The van der Waals surface area contributed by atoms with Crippen LogP contribution in [-0.4, -0.2) is 5.91 Å². The number of anilines is 2. The number of benzene rings is 2. The van der Waals surface area contributed by atoms with Gasteiger partial charge in [0.1, 0.15) is 11.4 Å². The van der Waals surface area contributed by atoms with Crippen molar-refractivity contribution in [2.75, 3.05) is 11.1 Å². The molecule has 0 saturated carbocycles. The lowest BCUT2D eigenvalue weighted by molar-refractivity contribution is 0.0998. The monoisotopic (exact) mass is 284 g/mol. The SMILES string of the molecule is Cc1ccc2oc(C(=O)Nc3ccc(F)c(N)c3)cc2c1. The second-order valence-corrected chi connectivity index (χ2v) is 4.84. The molecule has 4 nitrogen and oxygen atoms in total. The van der Waals surface area contributed by atoms with Crippen LogP contribution in [0.15, 0.2) is 46.9 Å². The van der Waals surface area contributed by atoms with E-state index < -0.39 is 11.7 Å². The lowest BCUT2D eigenvalue weighted by atomic mass is 10.2. The minimum absolute atomic E-state index is 0.0203. The largest absolute Gasteiger partial charge is 0.451 e. The van der Waals surface area contributed by atoms with Crippen molar-refractivity contribution < 1.29 is 13.6 Å². The fraction of sp³-hybridized carbons (Fsp3) is 0.0625. The molecule has 0 aliphatic heterocycles. The van der Waals surface area contributed by atoms with E-state index in [1.165, 1.54) is 18.2 Å². The van der Waals surface area contributed by atoms with Crippen LogP contribution >= 0.6 is 0 Å². The van der Waals surface area contributed by atoms with Crippen LogP contribution in [0, 0.1) is 12.7 Å². The molecule has 0 aliphatic carbocycles. The number of nitrogens with two attached hydrogens (primary N) is 1. The molecule has 21 heavy (non-hydrogen) atoms. The van der Waals surface area contributed by atoms with Crippen LogP contribution in [-0.2, 0) is 0 Å². The van der Waals surface area contributed by atoms with Crippen molar-refractivity contribution in [2.24, 2.45) is 0 Å². The number of aryl methyl sites for hydroxylation is 1. The molecular formula is C16H13FN2O2. The van der Waals surface area contributed by atoms with Gasteiger partial charge >= 0.3 is 0 Å². The summed E-state index contributed by atoms with van der Waals surface area (Å²) in [6, 6.07) is 11.3. The predicted molar refractivity (Wildman–Crippen MR) is 79.7 cm³/mol. The van der Waals surface area contributed by atoms with Crippen molar-refractivity contribution >= 4 is 28.3 Å². The van der Waals surface area contributed by atoms with Crippen molar-refractivity contribution in [3.05, 3.63) is 59.6 Å². The normalized spacial score (nSPS) is 10.8. The molecule has 106 valence electrons. The van der Waals surface area contributed by atoms with E-state index >= 15 is 0 Å². The summed E-state index contributed by atoms with van der Waals surface area (Å²) in [4.78, 5) is 12.1. The van der Waals surface area contributed by atoms with Crippen molar-refractivity contribution in [3.8, 4) is 0 Å². The van der Waals surface area contributed by atoms with Gasteiger partial charge in [-0.1, -0.05) is 11.6 Å². The van der Waals surface area contributed by atoms with Crippen LogP contribution in [0.2, 0.25) is 0 Å². The van der Waals surface area contributed by atoms with Crippen molar-refractivity contribution in [1.82, 2.24) is 0 Å². The third-order valence-electron chi connectivity index (χ3n) is 3.15. The molecule has 5 heteroatoms. The van der Waals surface area contributed by atoms with Gasteiger partial charge < -0.3 is 15.5 Å². The summed E-state index contributed by atoms with van der Waals surface area (Å²) < 4.78 is 18.6. The maximum Gasteiger partial charge on any atom is 0.291 e. The molecule has 2 aromatic carbocycles. The molecule has 0 spiro atoms. The number of fused-ring (bicyclic) bond motifs is 1. The fourth-order valence-electron chi connectivity index (χ4n) is 2.09. The van der Waals surface area contributed by atoms with Crippen LogP contribution in [0.25, 0.3) is 11.0 Å². The first-order valence-corrected chi connectivity index (χ1v) is 6.39. The van der Waals surface area contributed by atoms with E-state index in [0.717, 1.165) is 10.9 Å². The Morgan fingerprint density at radius 1 is 1.19 bits per heavy atom. The van der Waals surface area contributed by atoms with Gasteiger partial charge in [0, 0.05) is 11.1 Å². The van der Waals surface area contributed by atoms with E-state index in [0.29, 0.717) is 11.3 Å². The van der Waals surface area contributed by atoms with Crippen LogP contribution in [0.1, 0.15) is 16.1 Å².